The Morgan fingerprint density at radius 3 is 2.38 bits per heavy atom. The number of nitrogens with two attached hydrogens (primary N) is 1. The van der Waals surface area contributed by atoms with Gasteiger partial charge < -0.3 is 10.5 Å². The van der Waals surface area contributed by atoms with Gasteiger partial charge in [-0.1, -0.05) is 40.2 Å². The zero-order valence-electron chi connectivity index (χ0n) is 12.3. The molecule has 0 aromatic heterocycles. The van der Waals surface area contributed by atoms with Crippen molar-refractivity contribution in [3.05, 3.63) is 64.1 Å². The first-order valence-electron chi connectivity index (χ1n) is 7.01. The lowest BCUT2D eigenvalue weighted by molar-refractivity contribution is 0.264. The summed E-state index contributed by atoms with van der Waals surface area (Å²) in [4.78, 5) is 2.35. The van der Waals surface area contributed by atoms with Gasteiger partial charge in [0.15, 0.2) is 0 Å². The zero-order valence-corrected chi connectivity index (χ0v) is 13.8. The van der Waals surface area contributed by atoms with Crippen LogP contribution in [-0.2, 0) is 13.1 Å². The van der Waals surface area contributed by atoms with Crippen molar-refractivity contribution < 1.29 is 4.74 Å². The summed E-state index contributed by atoms with van der Waals surface area (Å²) in [5.41, 5.74) is 8.29. The molecule has 0 atom stereocenters. The first-order chi connectivity index (χ1) is 10.2. The number of benzene rings is 2. The fourth-order valence-corrected chi connectivity index (χ4v) is 2.73. The molecule has 0 fully saturated rings. The maximum atomic E-state index is 5.74. The minimum absolute atomic E-state index is 0.657. The van der Waals surface area contributed by atoms with Gasteiger partial charge in [-0.05, 0) is 35.4 Å². The molecule has 0 aliphatic carbocycles. The quantitative estimate of drug-likeness (QED) is 0.833. The minimum atomic E-state index is 0.657. The van der Waals surface area contributed by atoms with Crippen LogP contribution in [0.4, 0.5) is 0 Å². The molecular weight excluding hydrogens is 328 g/mol. The van der Waals surface area contributed by atoms with Gasteiger partial charge in [0.05, 0.1) is 7.11 Å². The van der Waals surface area contributed by atoms with Crippen molar-refractivity contribution in [1.82, 2.24) is 4.90 Å². The van der Waals surface area contributed by atoms with E-state index in [9.17, 15) is 0 Å². The molecule has 0 unspecified atom stereocenters. The Balaban J connectivity index is 2.04. The summed E-state index contributed by atoms with van der Waals surface area (Å²) in [5, 5.41) is 0. The second kappa shape index (κ2) is 8.17. The number of rotatable bonds is 7. The van der Waals surface area contributed by atoms with Crippen LogP contribution < -0.4 is 10.5 Å². The summed E-state index contributed by atoms with van der Waals surface area (Å²) < 4.78 is 6.30. The molecule has 0 saturated carbocycles. The molecule has 0 saturated heterocycles. The van der Waals surface area contributed by atoms with E-state index >= 15 is 0 Å². The van der Waals surface area contributed by atoms with Crippen molar-refractivity contribution in [1.29, 1.82) is 0 Å². The van der Waals surface area contributed by atoms with Crippen LogP contribution >= 0.6 is 15.9 Å². The van der Waals surface area contributed by atoms with Gasteiger partial charge in [0.1, 0.15) is 5.75 Å². The Bertz CT molecular complexity index is 557. The molecule has 112 valence electrons. The van der Waals surface area contributed by atoms with E-state index < -0.39 is 0 Å². The van der Waals surface area contributed by atoms with Crippen LogP contribution in [0.25, 0.3) is 0 Å². The first-order valence-corrected chi connectivity index (χ1v) is 7.80. The summed E-state index contributed by atoms with van der Waals surface area (Å²) in [6.07, 6.45) is 0. The van der Waals surface area contributed by atoms with Crippen molar-refractivity contribution in [2.75, 3.05) is 20.2 Å². The van der Waals surface area contributed by atoms with Crippen molar-refractivity contribution in [2.24, 2.45) is 5.73 Å². The Kier molecular flexibility index (Phi) is 6.23. The Labute approximate surface area is 134 Å². The van der Waals surface area contributed by atoms with Gasteiger partial charge in [-0.15, -0.1) is 0 Å². The van der Waals surface area contributed by atoms with E-state index in [0.717, 1.165) is 29.9 Å². The third-order valence-electron chi connectivity index (χ3n) is 3.31. The molecule has 3 nitrogen and oxygen atoms in total. The number of halogens is 1. The maximum Gasteiger partial charge on any atom is 0.118 e. The fraction of sp³-hybridized carbons (Fsp3) is 0.294. The van der Waals surface area contributed by atoms with Crippen molar-refractivity contribution in [2.45, 2.75) is 13.1 Å². The number of nitrogens with zero attached hydrogens (tertiary/aromatic N) is 1. The molecule has 0 aliphatic heterocycles. The zero-order chi connectivity index (χ0) is 15.1. The van der Waals surface area contributed by atoms with Crippen LogP contribution in [0.2, 0.25) is 0 Å². The highest BCUT2D eigenvalue weighted by atomic mass is 79.9. The Morgan fingerprint density at radius 2 is 1.76 bits per heavy atom. The smallest absolute Gasteiger partial charge is 0.118 e. The van der Waals surface area contributed by atoms with Gasteiger partial charge >= 0.3 is 0 Å². The van der Waals surface area contributed by atoms with E-state index in [2.05, 4.69) is 51.2 Å². The molecule has 0 radical (unpaired) electrons. The van der Waals surface area contributed by atoms with Crippen LogP contribution in [0.3, 0.4) is 0 Å². The van der Waals surface area contributed by atoms with Gasteiger partial charge in [0.2, 0.25) is 0 Å². The van der Waals surface area contributed by atoms with E-state index in [0.29, 0.717) is 6.54 Å². The summed E-state index contributed by atoms with van der Waals surface area (Å²) in [6.45, 7) is 3.30. The number of hydrogen-bond acceptors (Lipinski definition) is 3. The van der Waals surface area contributed by atoms with Crippen LogP contribution in [0.5, 0.6) is 5.75 Å². The highest BCUT2D eigenvalue weighted by molar-refractivity contribution is 9.10. The topological polar surface area (TPSA) is 38.5 Å². The van der Waals surface area contributed by atoms with Gasteiger partial charge in [-0.3, -0.25) is 4.90 Å². The average Bonchev–Trinajstić information content (AvgIpc) is 2.48. The highest BCUT2D eigenvalue weighted by Crippen LogP contribution is 2.16. The molecule has 0 amide bonds. The van der Waals surface area contributed by atoms with Crippen molar-refractivity contribution in [3.63, 3.8) is 0 Å². The van der Waals surface area contributed by atoms with E-state index in [4.69, 9.17) is 10.5 Å². The third kappa shape index (κ3) is 5.16. The molecule has 0 bridgehead atoms. The summed E-state index contributed by atoms with van der Waals surface area (Å²) >= 11 is 3.52. The minimum Gasteiger partial charge on any atom is -0.497 e. The number of hydrogen-bond donors (Lipinski definition) is 1. The molecule has 2 rings (SSSR count). The molecule has 2 aromatic carbocycles. The van der Waals surface area contributed by atoms with Gasteiger partial charge in [0.25, 0.3) is 0 Å². The maximum absolute atomic E-state index is 5.74. The summed E-state index contributed by atoms with van der Waals surface area (Å²) in [5.74, 6) is 0.885. The van der Waals surface area contributed by atoms with E-state index in [1.807, 2.05) is 18.2 Å². The molecule has 0 spiro atoms. The summed E-state index contributed by atoms with van der Waals surface area (Å²) in [6, 6.07) is 16.6. The standard InChI is InChI=1S/C17H21BrN2O/c1-21-17-7-5-14(6-8-17)12-20(10-9-19)13-15-3-2-4-16(18)11-15/h2-8,11H,9-10,12-13,19H2,1H3. The second-order valence-electron chi connectivity index (χ2n) is 4.98. The SMILES string of the molecule is COc1ccc(CN(CCN)Cc2cccc(Br)c2)cc1. The highest BCUT2D eigenvalue weighted by Gasteiger charge is 2.07. The molecule has 4 heteroatoms. The van der Waals surface area contributed by atoms with Crippen LogP contribution in [0.1, 0.15) is 11.1 Å². The largest absolute Gasteiger partial charge is 0.497 e. The van der Waals surface area contributed by atoms with Crippen LogP contribution in [0.15, 0.2) is 53.0 Å². The van der Waals surface area contributed by atoms with Gasteiger partial charge in [0, 0.05) is 30.7 Å². The summed E-state index contributed by atoms with van der Waals surface area (Å²) in [7, 11) is 1.68. The van der Waals surface area contributed by atoms with E-state index in [-0.39, 0.29) is 0 Å². The molecule has 0 aliphatic rings. The third-order valence-corrected chi connectivity index (χ3v) is 3.80. The van der Waals surface area contributed by atoms with E-state index in [1.165, 1.54) is 11.1 Å². The fourth-order valence-electron chi connectivity index (χ4n) is 2.28. The van der Waals surface area contributed by atoms with Crippen molar-refractivity contribution >= 4 is 15.9 Å². The lowest BCUT2D eigenvalue weighted by atomic mass is 10.1. The predicted octanol–water partition coefficient (Wildman–Crippen LogP) is 3.42. The lowest BCUT2D eigenvalue weighted by Gasteiger charge is -2.22. The molecule has 0 heterocycles. The second-order valence-corrected chi connectivity index (χ2v) is 5.89. The van der Waals surface area contributed by atoms with Crippen LogP contribution in [-0.4, -0.2) is 25.1 Å². The van der Waals surface area contributed by atoms with Gasteiger partial charge in [-0.2, -0.15) is 0 Å². The molecule has 2 N–H and O–H groups in total. The molecule has 21 heavy (non-hydrogen) atoms. The van der Waals surface area contributed by atoms with Gasteiger partial charge in [-0.25, -0.2) is 0 Å². The molecular formula is C17H21BrN2O. The van der Waals surface area contributed by atoms with E-state index in [1.54, 1.807) is 7.11 Å². The predicted molar refractivity (Wildman–Crippen MR) is 90.3 cm³/mol. The van der Waals surface area contributed by atoms with Crippen LogP contribution in [0, 0.1) is 0 Å². The lowest BCUT2D eigenvalue weighted by Crippen LogP contribution is -2.28. The number of methoxy groups -OCH3 is 1. The normalized spacial score (nSPS) is 10.9. The monoisotopic (exact) mass is 348 g/mol. The Hall–Kier alpha value is -1.36. The number of ether oxygens (including phenoxy) is 1. The molecule has 2 aromatic rings. The first kappa shape index (κ1) is 16.0. The van der Waals surface area contributed by atoms with Crippen molar-refractivity contribution in [3.8, 4) is 5.75 Å². The average molecular weight is 349 g/mol. The Morgan fingerprint density at radius 1 is 1.05 bits per heavy atom.